The topological polar surface area (TPSA) is 64.8 Å². The summed E-state index contributed by atoms with van der Waals surface area (Å²) in [6.45, 7) is 1.01. The van der Waals surface area contributed by atoms with Crippen LogP contribution in [0.3, 0.4) is 0 Å². The van der Waals surface area contributed by atoms with Crippen LogP contribution in [0.4, 0.5) is 29.2 Å². The lowest BCUT2D eigenvalue weighted by atomic mass is 10.0. The fourth-order valence-electron chi connectivity index (χ4n) is 2.92. The Bertz CT molecular complexity index is 831. The minimum Gasteiger partial charge on any atom is -0.367 e. The lowest BCUT2D eigenvalue weighted by molar-refractivity contribution is -0.141. The molecule has 0 spiro atoms. The maximum Gasteiger partial charge on any atom is 0.433 e. The van der Waals surface area contributed by atoms with Crippen molar-refractivity contribution in [1.29, 1.82) is 5.26 Å². The number of halogens is 4. The molecule has 9 heteroatoms. The van der Waals surface area contributed by atoms with Crippen molar-refractivity contribution in [2.75, 3.05) is 23.3 Å². The second-order valence-corrected chi connectivity index (χ2v) is 5.97. The van der Waals surface area contributed by atoms with Gasteiger partial charge in [0.1, 0.15) is 11.5 Å². The summed E-state index contributed by atoms with van der Waals surface area (Å²) in [4.78, 5) is 9.13. The molecular formula is C17H15F4N5. The molecule has 0 radical (unpaired) electrons. The standard InChI is InChI=1S/C17H15F4N5/c18-13-8-11(9-22)3-4-14(13)26-7-1-2-12(10-26)24-16-23-6-5-15(25-16)17(19,20)21/h3-6,8,12H,1-2,7,10H2,(H,23,24,25). The Balaban J connectivity index is 1.72. The zero-order valence-electron chi connectivity index (χ0n) is 13.6. The molecule has 0 saturated carbocycles. The van der Waals surface area contributed by atoms with Crippen molar-refractivity contribution in [2.45, 2.75) is 25.1 Å². The lowest BCUT2D eigenvalue weighted by Crippen LogP contribution is -2.42. The van der Waals surface area contributed by atoms with Crippen LogP contribution in [0.15, 0.2) is 30.5 Å². The van der Waals surface area contributed by atoms with Gasteiger partial charge in [-0.3, -0.25) is 0 Å². The Morgan fingerprint density at radius 3 is 2.77 bits per heavy atom. The second kappa shape index (κ2) is 7.15. The molecule has 5 nitrogen and oxygen atoms in total. The van der Waals surface area contributed by atoms with E-state index in [4.69, 9.17) is 5.26 Å². The third-order valence-corrected chi connectivity index (χ3v) is 4.12. The Morgan fingerprint density at radius 2 is 2.08 bits per heavy atom. The summed E-state index contributed by atoms with van der Waals surface area (Å²) in [5.74, 6) is -0.605. The average Bonchev–Trinajstić information content (AvgIpc) is 2.61. The molecule has 26 heavy (non-hydrogen) atoms. The second-order valence-electron chi connectivity index (χ2n) is 5.97. The van der Waals surface area contributed by atoms with Gasteiger partial charge >= 0.3 is 6.18 Å². The van der Waals surface area contributed by atoms with Gasteiger partial charge in [0.2, 0.25) is 5.95 Å². The van der Waals surface area contributed by atoms with Crippen molar-refractivity contribution in [3.05, 3.63) is 47.5 Å². The molecule has 1 atom stereocenters. The number of piperidine rings is 1. The van der Waals surface area contributed by atoms with Gasteiger partial charge in [0.05, 0.1) is 17.3 Å². The van der Waals surface area contributed by atoms with Gasteiger partial charge in [0.15, 0.2) is 0 Å². The fourth-order valence-corrected chi connectivity index (χ4v) is 2.92. The summed E-state index contributed by atoms with van der Waals surface area (Å²) < 4.78 is 52.4. The van der Waals surface area contributed by atoms with Crippen molar-refractivity contribution < 1.29 is 17.6 Å². The summed E-state index contributed by atoms with van der Waals surface area (Å²) >= 11 is 0. The predicted octanol–water partition coefficient (Wildman–Crippen LogP) is 3.59. The highest BCUT2D eigenvalue weighted by Crippen LogP contribution is 2.28. The van der Waals surface area contributed by atoms with Crippen molar-refractivity contribution in [3.63, 3.8) is 0 Å². The maximum absolute atomic E-state index is 14.2. The Kier molecular flexibility index (Phi) is 4.93. The predicted molar refractivity (Wildman–Crippen MR) is 87.0 cm³/mol. The van der Waals surface area contributed by atoms with Crippen LogP contribution < -0.4 is 10.2 Å². The average molecular weight is 365 g/mol. The molecule has 0 bridgehead atoms. The highest BCUT2D eigenvalue weighted by atomic mass is 19.4. The molecule has 1 aromatic heterocycles. The SMILES string of the molecule is N#Cc1ccc(N2CCCC(Nc3nccc(C(F)(F)F)n3)C2)c(F)c1. The number of hydrogen-bond acceptors (Lipinski definition) is 5. The summed E-state index contributed by atoms with van der Waals surface area (Å²) in [7, 11) is 0. The summed E-state index contributed by atoms with van der Waals surface area (Å²) in [5, 5.41) is 11.7. The number of nitriles is 1. The molecule has 1 N–H and O–H groups in total. The summed E-state index contributed by atoms with van der Waals surface area (Å²) in [6, 6.07) is 6.71. The molecule has 0 amide bonds. The molecule has 3 rings (SSSR count). The third-order valence-electron chi connectivity index (χ3n) is 4.12. The number of alkyl halides is 3. The molecule has 1 aromatic carbocycles. The van der Waals surface area contributed by atoms with E-state index in [1.807, 2.05) is 6.07 Å². The number of aromatic nitrogens is 2. The molecule has 0 aliphatic carbocycles. The molecule has 2 aromatic rings. The van der Waals surface area contributed by atoms with Crippen LogP contribution in [0.1, 0.15) is 24.1 Å². The van der Waals surface area contributed by atoms with Crippen molar-refractivity contribution >= 4 is 11.6 Å². The molecule has 2 heterocycles. The summed E-state index contributed by atoms with van der Waals surface area (Å²) in [5.41, 5.74) is -0.420. The first kappa shape index (κ1) is 17.9. The van der Waals surface area contributed by atoms with Gasteiger partial charge in [0.25, 0.3) is 0 Å². The smallest absolute Gasteiger partial charge is 0.367 e. The van der Waals surface area contributed by atoms with Crippen LogP contribution in [-0.4, -0.2) is 29.1 Å². The zero-order chi connectivity index (χ0) is 18.7. The first-order chi connectivity index (χ1) is 12.4. The van der Waals surface area contributed by atoms with Gasteiger partial charge in [-0.05, 0) is 37.1 Å². The monoisotopic (exact) mass is 365 g/mol. The Labute approximate surface area is 147 Å². The number of nitrogens with zero attached hydrogens (tertiary/aromatic N) is 4. The molecule has 1 fully saturated rings. The van der Waals surface area contributed by atoms with E-state index in [1.165, 1.54) is 18.2 Å². The van der Waals surface area contributed by atoms with Gasteiger partial charge in [0, 0.05) is 25.3 Å². The molecule has 1 aliphatic rings. The highest BCUT2D eigenvalue weighted by Gasteiger charge is 2.33. The third kappa shape index (κ3) is 4.02. The minimum atomic E-state index is -4.54. The van der Waals surface area contributed by atoms with E-state index >= 15 is 0 Å². The zero-order valence-corrected chi connectivity index (χ0v) is 13.6. The summed E-state index contributed by atoms with van der Waals surface area (Å²) in [6.07, 6.45) is -2.05. The number of rotatable bonds is 3. The van der Waals surface area contributed by atoms with Crippen LogP contribution in [0.2, 0.25) is 0 Å². The van der Waals surface area contributed by atoms with E-state index < -0.39 is 17.7 Å². The normalized spacial score (nSPS) is 17.7. The van der Waals surface area contributed by atoms with E-state index in [1.54, 1.807) is 4.90 Å². The van der Waals surface area contributed by atoms with E-state index in [9.17, 15) is 17.6 Å². The Hall–Kier alpha value is -2.89. The van der Waals surface area contributed by atoms with Crippen LogP contribution in [-0.2, 0) is 6.18 Å². The van der Waals surface area contributed by atoms with Gasteiger partial charge in [-0.1, -0.05) is 0 Å². The first-order valence-electron chi connectivity index (χ1n) is 7.98. The van der Waals surface area contributed by atoms with Gasteiger partial charge in [-0.15, -0.1) is 0 Å². The first-order valence-corrected chi connectivity index (χ1v) is 7.98. The molecule has 1 saturated heterocycles. The van der Waals surface area contributed by atoms with Crippen LogP contribution >= 0.6 is 0 Å². The highest BCUT2D eigenvalue weighted by molar-refractivity contribution is 5.52. The molecular weight excluding hydrogens is 350 g/mol. The van der Waals surface area contributed by atoms with E-state index in [2.05, 4.69) is 15.3 Å². The molecule has 1 unspecified atom stereocenters. The van der Waals surface area contributed by atoms with Gasteiger partial charge in [-0.2, -0.15) is 18.4 Å². The number of anilines is 2. The molecule has 1 aliphatic heterocycles. The number of hydrogen-bond donors (Lipinski definition) is 1. The van der Waals surface area contributed by atoms with Gasteiger partial charge in [-0.25, -0.2) is 14.4 Å². The van der Waals surface area contributed by atoms with Crippen LogP contribution in [0.5, 0.6) is 0 Å². The van der Waals surface area contributed by atoms with E-state index in [0.29, 0.717) is 25.2 Å². The van der Waals surface area contributed by atoms with E-state index in [-0.39, 0.29) is 17.6 Å². The Morgan fingerprint density at radius 1 is 1.27 bits per heavy atom. The number of nitrogens with one attached hydrogen (secondary N) is 1. The number of benzene rings is 1. The van der Waals surface area contributed by atoms with Crippen LogP contribution in [0, 0.1) is 17.1 Å². The van der Waals surface area contributed by atoms with Crippen molar-refractivity contribution in [3.8, 4) is 6.07 Å². The van der Waals surface area contributed by atoms with Crippen LogP contribution in [0.25, 0.3) is 0 Å². The van der Waals surface area contributed by atoms with Gasteiger partial charge < -0.3 is 10.2 Å². The fraction of sp³-hybridized carbons (Fsp3) is 0.353. The lowest BCUT2D eigenvalue weighted by Gasteiger charge is -2.35. The molecule has 136 valence electrons. The maximum atomic E-state index is 14.2. The quantitative estimate of drug-likeness (QED) is 0.843. The van der Waals surface area contributed by atoms with E-state index in [0.717, 1.165) is 18.7 Å². The van der Waals surface area contributed by atoms with Crippen molar-refractivity contribution in [2.24, 2.45) is 0 Å². The largest absolute Gasteiger partial charge is 0.433 e. The minimum absolute atomic E-state index is 0.105. The van der Waals surface area contributed by atoms with Crippen molar-refractivity contribution in [1.82, 2.24) is 9.97 Å².